The highest BCUT2D eigenvalue weighted by atomic mass is 16.5. The van der Waals surface area contributed by atoms with Crippen molar-refractivity contribution in [2.75, 3.05) is 6.61 Å². The standard InChI is InChI=1S/C28H37NO3/c1-5-6-7-8-9-12-17-32-26(30)16-15-21-18-23(20-22-13-10-11-14-25(22)29)27(31)24(19-21)28(2,3)4/h10-11,13-14,18-19H,5-9,12,15-17H2,1-4H3,(H-,29,31)/p+1. The number of hydrogen-bond acceptors (Lipinski definition) is 4. The van der Waals surface area contributed by atoms with Crippen LogP contribution in [0.2, 0.25) is 0 Å². The fourth-order valence-electron chi connectivity index (χ4n) is 3.63. The van der Waals surface area contributed by atoms with Crippen LogP contribution >= 0.6 is 0 Å². The predicted octanol–water partition coefficient (Wildman–Crippen LogP) is 6.75. The second kappa shape index (κ2) is 12.4. The van der Waals surface area contributed by atoms with E-state index in [0.717, 1.165) is 24.0 Å². The zero-order valence-electron chi connectivity index (χ0n) is 20.1. The molecular weight excluding hydrogens is 398 g/mol. The molecule has 4 nitrogen and oxygen atoms in total. The molecule has 172 valence electrons. The maximum absolute atomic E-state index is 12.2. The van der Waals surface area contributed by atoms with Gasteiger partial charge in [-0.3, -0.25) is 10.2 Å². The van der Waals surface area contributed by atoms with E-state index in [9.17, 15) is 9.90 Å². The predicted molar refractivity (Wildman–Crippen MR) is 131 cm³/mol. The van der Waals surface area contributed by atoms with Crippen molar-refractivity contribution in [3.8, 4) is 5.75 Å². The van der Waals surface area contributed by atoms with Crippen molar-refractivity contribution < 1.29 is 14.6 Å². The number of phenolic OH excluding ortho intramolecular Hbond substituents is 1. The Balaban J connectivity index is 2.04. The molecule has 0 amide bonds. The van der Waals surface area contributed by atoms with Gasteiger partial charge in [0.15, 0.2) is 11.3 Å². The maximum Gasteiger partial charge on any atom is 0.306 e. The lowest BCUT2D eigenvalue weighted by atomic mass is 9.83. The van der Waals surface area contributed by atoms with Crippen LogP contribution in [0, 0.1) is 11.5 Å². The van der Waals surface area contributed by atoms with E-state index in [0.29, 0.717) is 36.3 Å². The molecule has 0 spiro atoms. The first kappa shape index (κ1) is 25.5. The second-order valence-corrected chi connectivity index (χ2v) is 9.45. The Morgan fingerprint density at radius 1 is 1.06 bits per heavy atom. The summed E-state index contributed by atoms with van der Waals surface area (Å²) < 4.78 is 5.40. The van der Waals surface area contributed by atoms with Crippen LogP contribution in [0.5, 0.6) is 5.75 Å². The summed E-state index contributed by atoms with van der Waals surface area (Å²) in [6.07, 6.45) is 18.2. The van der Waals surface area contributed by atoms with E-state index in [-0.39, 0.29) is 17.1 Å². The molecule has 4 heteroatoms. The van der Waals surface area contributed by atoms with E-state index in [1.54, 1.807) is 12.2 Å². The van der Waals surface area contributed by atoms with Gasteiger partial charge in [-0.2, -0.15) is 0 Å². The highest BCUT2D eigenvalue weighted by Gasteiger charge is 2.25. The van der Waals surface area contributed by atoms with Gasteiger partial charge in [0, 0.05) is 23.8 Å². The van der Waals surface area contributed by atoms with Crippen LogP contribution < -0.4 is 0 Å². The molecule has 0 atom stereocenters. The zero-order chi connectivity index (χ0) is 23.6. The van der Waals surface area contributed by atoms with Crippen LogP contribution in [0.3, 0.4) is 0 Å². The summed E-state index contributed by atoms with van der Waals surface area (Å²) >= 11 is 0. The maximum atomic E-state index is 12.2. The minimum absolute atomic E-state index is 0.176. The third-order valence-electron chi connectivity index (χ3n) is 5.55. The molecule has 0 unspecified atom stereocenters. The Morgan fingerprint density at radius 3 is 2.44 bits per heavy atom. The molecule has 0 saturated carbocycles. The van der Waals surface area contributed by atoms with Crippen molar-refractivity contribution in [1.82, 2.24) is 0 Å². The minimum atomic E-state index is -0.269. The molecule has 0 fully saturated rings. The second-order valence-electron chi connectivity index (χ2n) is 9.45. The largest absolute Gasteiger partial charge is 0.471 e. The highest BCUT2D eigenvalue weighted by Crippen LogP contribution is 2.35. The fourth-order valence-corrected chi connectivity index (χ4v) is 3.63. The molecule has 2 N–H and O–H groups in total. The Kier molecular flexibility index (Phi) is 9.87. The SMILES string of the molecule is CCCCCCCCOC(=O)CCc1cc([C+]=C2C=CC=CC2=N)c(O)c(C(C)(C)C)c1. The third-order valence-corrected chi connectivity index (χ3v) is 5.55. The average molecular weight is 437 g/mol. The van der Waals surface area contributed by atoms with Crippen molar-refractivity contribution in [1.29, 1.82) is 5.41 Å². The lowest BCUT2D eigenvalue weighted by Crippen LogP contribution is -2.13. The number of phenols is 1. The van der Waals surface area contributed by atoms with E-state index in [1.165, 1.54) is 25.7 Å². The Hall–Kier alpha value is -2.71. The van der Waals surface area contributed by atoms with Gasteiger partial charge in [-0.1, -0.05) is 59.8 Å². The fraction of sp³-hybridized carbons (Fsp3) is 0.500. The molecule has 2 rings (SSSR count). The average Bonchev–Trinajstić information content (AvgIpc) is 2.74. The molecule has 0 aromatic heterocycles. The molecule has 0 radical (unpaired) electrons. The van der Waals surface area contributed by atoms with Gasteiger partial charge < -0.3 is 9.84 Å². The summed E-state index contributed by atoms with van der Waals surface area (Å²) in [4.78, 5) is 12.2. The number of aryl methyl sites for hydroxylation is 1. The Bertz CT molecular complexity index is 885. The summed E-state index contributed by atoms with van der Waals surface area (Å²) in [5.74, 6) is -0.00916. The lowest BCUT2D eigenvalue weighted by Gasteiger charge is -2.20. The van der Waals surface area contributed by atoms with Gasteiger partial charge in [-0.05, 0) is 48.1 Å². The lowest BCUT2D eigenvalue weighted by molar-refractivity contribution is -0.143. The number of esters is 1. The molecule has 0 bridgehead atoms. The van der Waals surface area contributed by atoms with Gasteiger partial charge >= 0.3 is 5.97 Å². The smallest absolute Gasteiger partial charge is 0.306 e. The molecule has 1 aromatic carbocycles. The number of benzene rings is 1. The van der Waals surface area contributed by atoms with Crippen LogP contribution in [-0.2, 0) is 21.4 Å². The molecule has 32 heavy (non-hydrogen) atoms. The number of hydrogen-bond donors (Lipinski definition) is 2. The normalized spacial score (nSPS) is 14.6. The summed E-state index contributed by atoms with van der Waals surface area (Å²) in [5, 5.41) is 19.0. The van der Waals surface area contributed by atoms with Gasteiger partial charge in [-0.25, -0.2) is 0 Å². The van der Waals surface area contributed by atoms with E-state index in [4.69, 9.17) is 10.1 Å². The van der Waals surface area contributed by atoms with Crippen molar-refractivity contribution in [3.63, 3.8) is 0 Å². The van der Waals surface area contributed by atoms with Gasteiger partial charge in [0.1, 0.15) is 11.3 Å². The Labute approximate surface area is 193 Å². The molecule has 1 aliphatic rings. The topological polar surface area (TPSA) is 70.4 Å². The number of unbranched alkanes of at least 4 members (excludes halogenated alkanes) is 5. The summed E-state index contributed by atoms with van der Waals surface area (Å²) in [7, 11) is 0. The minimum Gasteiger partial charge on any atom is -0.471 e. The first-order valence-electron chi connectivity index (χ1n) is 11.8. The summed E-state index contributed by atoms with van der Waals surface area (Å²) in [6.45, 7) is 8.82. The number of rotatable bonds is 11. The highest BCUT2D eigenvalue weighted by molar-refractivity contribution is 6.09. The molecular formula is C28H38NO3+. The quantitative estimate of drug-likeness (QED) is 0.229. The van der Waals surface area contributed by atoms with Gasteiger partial charge in [0.2, 0.25) is 0 Å². The van der Waals surface area contributed by atoms with Crippen molar-refractivity contribution in [3.05, 3.63) is 64.8 Å². The van der Waals surface area contributed by atoms with Gasteiger partial charge in [0.25, 0.3) is 0 Å². The zero-order valence-corrected chi connectivity index (χ0v) is 20.1. The molecule has 1 aromatic rings. The van der Waals surface area contributed by atoms with E-state index in [2.05, 4.69) is 13.0 Å². The molecule has 0 saturated heterocycles. The number of aromatic hydroxyl groups is 1. The first-order chi connectivity index (χ1) is 15.2. The van der Waals surface area contributed by atoms with Crippen molar-refractivity contribution in [2.24, 2.45) is 0 Å². The monoisotopic (exact) mass is 436 g/mol. The van der Waals surface area contributed by atoms with E-state index in [1.807, 2.05) is 45.1 Å². The first-order valence-corrected chi connectivity index (χ1v) is 11.8. The number of carbonyl (C=O) groups excluding carboxylic acids is 1. The third kappa shape index (κ3) is 8.09. The van der Waals surface area contributed by atoms with Crippen LogP contribution in [0.15, 0.2) is 42.0 Å². The summed E-state index contributed by atoms with van der Waals surface area (Å²) in [6, 6.07) is 3.83. The van der Waals surface area contributed by atoms with Crippen LogP contribution in [-0.4, -0.2) is 23.4 Å². The van der Waals surface area contributed by atoms with Crippen LogP contribution in [0.25, 0.3) is 0 Å². The number of allylic oxidation sites excluding steroid dienone is 5. The van der Waals surface area contributed by atoms with E-state index >= 15 is 0 Å². The van der Waals surface area contributed by atoms with Gasteiger partial charge in [-0.15, -0.1) is 0 Å². The van der Waals surface area contributed by atoms with Crippen LogP contribution in [0.1, 0.15) is 89.3 Å². The molecule has 0 heterocycles. The van der Waals surface area contributed by atoms with Crippen LogP contribution in [0.4, 0.5) is 0 Å². The van der Waals surface area contributed by atoms with Crippen molar-refractivity contribution >= 4 is 11.7 Å². The van der Waals surface area contributed by atoms with E-state index < -0.39 is 0 Å². The Morgan fingerprint density at radius 2 is 1.75 bits per heavy atom. The van der Waals surface area contributed by atoms with Crippen molar-refractivity contribution in [2.45, 2.75) is 84.5 Å². The number of ether oxygens (including phenoxy) is 1. The van der Waals surface area contributed by atoms with Gasteiger partial charge in [0.05, 0.1) is 13.0 Å². The number of carbonyl (C=O) groups is 1. The number of nitrogens with one attached hydrogen (secondary N) is 1. The molecule has 0 aliphatic heterocycles. The summed E-state index contributed by atoms with van der Waals surface area (Å²) in [5.41, 5.74) is 3.02. The molecule has 1 aliphatic carbocycles.